The predicted octanol–water partition coefficient (Wildman–Crippen LogP) is 4.28. The second kappa shape index (κ2) is 13.8. The minimum atomic E-state index is -0.530. The molecule has 2 aromatic carbocycles. The summed E-state index contributed by atoms with van der Waals surface area (Å²) in [5, 5.41) is 4.05. The number of nitrogens with one attached hydrogen (secondary N) is 1. The summed E-state index contributed by atoms with van der Waals surface area (Å²) in [5.41, 5.74) is 6.35. The summed E-state index contributed by atoms with van der Waals surface area (Å²) in [6.07, 6.45) is 1.42. The molecule has 224 valence electrons. The van der Waals surface area contributed by atoms with Crippen LogP contribution in [0, 0.1) is 13.8 Å². The predicted molar refractivity (Wildman–Crippen MR) is 159 cm³/mol. The summed E-state index contributed by atoms with van der Waals surface area (Å²) in [6.45, 7) is 6.18. The van der Waals surface area contributed by atoms with Gasteiger partial charge in [0.15, 0.2) is 23.9 Å². The lowest BCUT2D eigenvalue weighted by atomic mass is 10.2. The van der Waals surface area contributed by atoms with Gasteiger partial charge in [-0.1, -0.05) is 6.07 Å². The molecule has 1 N–H and O–H groups in total. The van der Waals surface area contributed by atoms with E-state index >= 15 is 0 Å². The molecule has 11 nitrogen and oxygen atoms in total. The van der Waals surface area contributed by atoms with Crippen LogP contribution in [-0.4, -0.2) is 67.5 Å². The largest absolute Gasteiger partial charge is 0.493 e. The van der Waals surface area contributed by atoms with E-state index in [1.807, 2.05) is 24.3 Å². The summed E-state index contributed by atoms with van der Waals surface area (Å²) in [7, 11) is 1.51. The number of morpholine rings is 1. The minimum absolute atomic E-state index is 0.0860. The third-order valence-corrected chi connectivity index (χ3v) is 6.94. The number of carbonyl (C=O) groups excluding carboxylic acids is 2. The van der Waals surface area contributed by atoms with Gasteiger partial charge in [-0.2, -0.15) is 5.10 Å². The van der Waals surface area contributed by atoms with Crippen LogP contribution in [0.5, 0.6) is 17.2 Å². The lowest BCUT2D eigenvalue weighted by Crippen LogP contribution is -2.43. The highest BCUT2D eigenvalue weighted by atomic mass is 16.5. The number of furan rings is 1. The number of aryl methyl sites for hydroxylation is 2. The van der Waals surface area contributed by atoms with Gasteiger partial charge in [0.05, 0.1) is 26.5 Å². The highest BCUT2D eigenvalue weighted by molar-refractivity contribution is 5.93. The molecule has 4 aromatic rings. The number of nitrogens with zero attached hydrogens (tertiary/aromatic N) is 3. The SMILES string of the molecule is COc1cccc(C=NNC(=O)c2ccc(COc3ccc(-n4c(C)ccc4C)cc3)o2)c1OCC(=O)N1CCOCC1. The maximum Gasteiger partial charge on any atom is 0.307 e. The maximum atomic E-state index is 12.6. The number of amides is 2. The second-order valence-electron chi connectivity index (χ2n) is 9.86. The molecule has 0 radical (unpaired) electrons. The van der Waals surface area contributed by atoms with E-state index in [0.717, 1.165) is 17.1 Å². The number of hydrazone groups is 1. The third-order valence-electron chi connectivity index (χ3n) is 6.94. The van der Waals surface area contributed by atoms with Gasteiger partial charge in [-0.25, -0.2) is 5.43 Å². The zero-order valence-electron chi connectivity index (χ0n) is 24.4. The van der Waals surface area contributed by atoms with Crippen molar-refractivity contribution >= 4 is 18.0 Å². The van der Waals surface area contributed by atoms with Crippen molar-refractivity contribution in [2.45, 2.75) is 20.5 Å². The van der Waals surface area contributed by atoms with Crippen molar-refractivity contribution in [3.63, 3.8) is 0 Å². The van der Waals surface area contributed by atoms with Gasteiger partial charge in [0.2, 0.25) is 0 Å². The molecule has 0 unspecified atom stereocenters. The van der Waals surface area contributed by atoms with Gasteiger partial charge in [0, 0.05) is 35.7 Å². The molecular formula is C32H34N4O7. The number of ether oxygens (including phenoxy) is 4. The maximum absolute atomic E-state index is 12.6. The molecule has 1 aliphatic rings. The van der Waals surface area contributed by atoms with E-state index in [0.29, 0.717) is 54.9 Å². The highest BCUT2D eigenvalue weighted by Gasteiger charge is 2.19. The van der Waals surface area contributed by atoms with E-state index in [9.17, 15) is 9.59 Å². The van der Waals surface area contributed by atoms with E-state index < -0.39 is 5.91 Å². The van der Waals surface area contributed by atoms with Crippen LogP contribution < -0.4 is 19.6 Å². The Labute approximate surface area is 249 Å². The Balaban J connectivity index is 1.15. The first-order valence-corrected chi connectivity index (χ1v) is 13.9. The fraction of sp³-hybridized carbons (Fsp3) is 0.281. The van der Waals surface area contributed by atoms with Gasteiger partial charge in [0.1, 0.15) is 18.1 Å². The zero-order valence-corrected chi connectivity index (χ0v) is 24.4. The highest BCUT2D eigenvalue weighted by Crippen LogP contribution is 2.30. The van der Waals surface area contributed by atoms with Crippen molar-refractivity contribution in [2.24, 2.45) is 5.10 Å². The summed E-state index contributed by atoms with van der Waals surface area (Å²) < 4.78 is 30.2. The number of methoxy groups -OCH3 is 1. The van der Waals surface area contributed by atoms with E-state index in [4.69, 9.17) is 23.4 Å². The van der Waals surface area contributed by atoms with Gasteiger partial charge >= 0.3 is 5.91 Å². The molecule has 2 aromatic heterocycles. The second-order valence-corrected chi connectivity index (χ2v) is 9.86. The molecule has 5 rings (SSSR count). The number of rotatable bonds is 11. The zero-order chi connectivity index (χ0) is 30.2. The Kier molecular flexibility index (Phi) is 9.42. The average Bonchev–Trinajstić information content (AvgIpc) is 3.65. The Hall–Kier alpha value is -5.03. The smallest absolute Gasteiger partial charge is 0.307 e. The van der Waals surface area contributed by atoms with Gasteiger partial charge < -0.3 is 32.8 Å². The topological polar surface area (TPSA) is 117 Å². The Morgan fingerprint density at radius 1 is 0.953 bits per heavy atom. The van der Waals surface area contributed by atoms with Crippen LogP contribution in [0.3, 0.4) is 0 Å². The molecule has 0 saturated carbocycles. The Bertz CT molecular complexity index is 1560. The standard InChI is InChI=1S/C32H34N4O7/c1-22-7-8-23(2)36(22)25-9-11-26(12-10-25)41-20-27-13-14-29(43-27)32(38)34-33-19-24-5-4-6-28(39-3)31(24)42-21-30(37)35-15-17-40-18-16-35/h4-14,19H,15-18,20-21H2,1-3H3,(H,34,38). The van der Waals surface area contributed by atoms with Gasteiger partial charge in [-0.15, -0.1) is 0 Å². The first kappa shape index (κ1) is 29.5. The molecule has 1 saturated heterocycles. The lowest BCUT2D eigenvalue weighted by Gasteiger charge is -2.27. The molecule has 1 aliphatic heterocycles. The molecule has 1 fully saturated rings. The number of para-hydroxylation sites is 1. The first-order chi connectivity index (χ1) is 20.9. The Morgan fingerprint density at radius 2 is 1.70 bits per heavy atom. The molecule has 3 heterocycles. The van der Waals surface area contributed by atoms with Gasteiger partial charge in [-0.05, 0) is 74.5 Å². The molecule has 43 heavy (non-hydrogen) atoms. The average molecular weight is 587 g/mol. The molecule has 11 heteroatoms. The molecule has 0 bridgehead atoms. The van der Waals surface area contributed by atoms with Crippen LogP contribution >= 0.6 is 0 Å². The summed E-state index contributed by atoms with van der Waals surface area (Å²) in [4.78, 5) is 26.9. The van der Waals surface area contributed by atoms with Crippen LogP contribution in [0.1, 0.15) is 33.3 Å². The Morgan fingerprint density at radius 3 is 2.42 bits per heavy atom. The summed E-state index contributed by atoms with van der Waals surface area (Å²) in [5.74, 6) is 1.35. The monoisotopic (exact) mass is 586 g/mol. The van der Waals surface area contributed by atoms with Crippen molar-refractivity contribution < 1.29 is 33.0 Å². The van der Waals surface area contributed by atoms with E-state index in [2.05, 4.69) is 41.1 Å². The number of hydrogen-bond acceptors (Lipinski definition) is 8. The van der Waals surface area contributed by atoms with Crippen molar-refractivity contribution in [2.75, 3.05) is 40.0 Å². The first-order valence-electron chi connectivity index (χ1n) is 13.9. The number of aromatic nitrogens is 1. The van der Waals surface area contributed by atoms with Gasteiger partial charge in [-0.3, -0.25) is 9.59 Å². The van der Waals surface area contributed by atoms with E-state index in [1.54, 1.807) is 35.2 Å². The normalized spacial score (nSPS) is 13.2. The van der Waals surface area contributed by atoms with E-state index in [-0.39, 0.29) is 24.9 Å². The third kappa shape index (κ3) is 7.25. The number of hydrogen-bond donors (Lipinski definition) is 1. The molecule has 2 amide bonds. The molecule has 0 aliphatic carbocycles. The van der Waals surface area contributed by atoms with Crippen LogP contribution in [0.2, 0.25) is 0 Å². The van der Waals surface area contributed by atoms with E-state index in [1.165, 1.54) is 13.3 Å². The van der Waals surface area contributed by atoms with Gasteiger partial charge in [0.25, 0.3) is 5.91 Å². The number of carbonyl (C=O) groups is 2. The van der Waals surface area contributed by atoms with Crippen LogP contribution in [0.4, 0.5) is 0 Å². The fourth-order valence-electron chi connectivity index (χ4n) is 4.70. The molecule has 0 spiro atoms. The van der Waals surface area contributed by atoms with Crippen LogP contribution in [0.25, 0.3) is 5.69 Å². The summed E-state index contributed by atoms with van der Waals surface area (Å²) >= 11 is 0. The van der Waals surface area contributed by atoms with Crippen LogP contribution in [0.15, 0.2) is 76.2 Å². The number of benzene rings is 2. The molecule has 0 atom stereocenters. The summed E-state index contributed by atoms with van der Waals surface area (Å²) in [6, 6.07) is 20.4. The van der Waals surface area contributed by atoms with Crippen molar-refractivity contribution in [1.29, 1.82) is 0 Å². The van der Waals surface area contributed by atoms with Crippen molar-refractivity contribution in [3.8, 4) is 22.9 Å². The van der Waals surface area contributed by atoms with Crippen LogP contribution in [-0.2, 0) is 16.1 Å². The molecular weight excluding hydrogens is 552 g/mol. The minimum Gasteiger partial charge on any atom is -0.493 e. The van der Waals surface area contributed by atoms with Crippen molar-refractivity contribution in [1.82, 2.24) is 14.9 Å². The lowest BCUT2D eigenvalue weighted by molar-refractivity contribution is -0.137. The fourth-order valence-corrected chi connectivity index (χ4v) is 4.70. The van der Waals surface area contributed by atoms with Crippen molar-refractivity contribution in [3.05, 3.63) is 95.2 Å². The quantitative estimate of drug-likeness (QED) is 0.206.